The Kier molecular flexibility index (Phi) is 4.81. The molecule has 2 heterocycles. The van der Waals surface area contributed by atoms with Gasteiger partial charge in [-0.1, -0.05) is 12.1 Å². The summed E-state index contributed by atoms with van der Waals surface area (Å²) in [5, 5.41) is 8.66. The number of aromatic nitrogens is 3. The molecular formula is C23H29N5O. The number of pyridine rings is 1. The highest BCUT2D eigenvalue weighted by Gasteiger charge is 2.30. The lowest BCUT2D eigenvalue weighted by atomic mass is 10.1. The SMILES string of the molecule is Cc1nn(C(C)(C)C)c2nc(C3CC3)cc(C(=O)NCCc3ccc(N)cc3)c12. The first kappa shape index (κ1) is 19.4. The summed E-state index contributed by atoms with van der Waals surface area (Å²) in [7, 11) is 0. The maximum atomic E-state index is 13.1. The van der Waals surface area contributed by atoms with Crippen LogP contribution in [-0.2, 0) is 12.0 Å². The van der Waals surface area contributed by atoms with Crippen molar-refractivity contribution in [2.75, 3.05) is 12.3 Å². The normalized spacial score (nSPS) is 14.3. The molecule has 4 rings (SSSR count). The molecule has 6 nitrogen and oxygen atoms in total. The Morgan fingerprint density at radius 1 is 1.24 bits per heavy atom. The first-order chi connectivity index (χ1) is 13.7. The van der Waals surface area contributed by atoms with Crippen LogP contribution in [0.2, 0.25) is 0 Å². The van der Waals surface area contributed by atoms with Gasteiger partial charge in [0.25, 0.3) is 5.91 Å². The molecule has 1 fully saturated rings. The summed E-state index contributed by atoms with van der Waals surface area (Å²) >= 11 is 0. The van der Waals surface area contributed by atoms with Crippen molar-refractivity contribution < 1.29 is 4.79 Å². The van der Waals surface area contributed by atoms with Gasteiger partial charge in [-0.2, -0.15) is 5.10 Å². The molecule has 2 aromatic heterocycles. The Hall–Kier alpha value is -2.89. The molecule has 3 aromatic rings. The summed E-state index contributed by atoms with van der Waals surface area (Å²) in [4.78, 5) is 18.0. The van der Waals surface area contributed by atoms with Gasteiger partial charge in [-0.15, -0.1) is 0 Å². The van der Waals surface area contributed by atoms with E-state index in [2.05, 4.69) is 26.1 Å². The lowest BCUT2D eigenvalue weighted by Crippen LogP contribution is -2.26. The number of hydrogen-bond donors (Lipinski definition) is 2. The minimum atomic E-state index is -0.204. The number of benzene rings is 1. The highest BCUT2D eigenvalue weighted by molar-refractivity contribution is 6.06. The van der Waals surface area contributed by atoms with E-state index in [9.17, 15) is 4.79 Å². The topological polar surface area (TPSA) is 85.8 Å². The van der Waals surface area contributed by atoms with E-state index in [0.29, 0.717) is 18.0 Å². The molecule has 1 aliphatic carbocycles. The molecule has 1 aromatic carbocycles. The molecule has 152 valence electrons. The van der Waals surface area contributed by atoms with Crippen molar-refractivity contribution in [1.82, 2.24) is 20.1 Å². The third-order valence-electron chi connectivity index (χ3n) is 5.39. The Bertz CT molecular complexity index is 1060. The van der Waals surface area contributed by atoms with Gasteiger partial charge in [0.2, 0.25) is 0 Å². The summed E-state index contributed by atoms with van der Waals surface area (Å²) in [5.74, 6) is 0.399. The number of carbonyl (C=O) groups is 1. The van der Waals surface area contributed by atoms with Crippen LogP contribution in [0, 0.1) is 6.92 Å². The number of nitrogens with one attached hydrogen (secondary N) is 1. The summed E-state index contributed by atoms with van der Waals surface area (Å²) in [5.41, 5.74) is 10.8. The fourth-order valence-corrected chi connectivity index (χ4v) is 3.64. The molecule has 0 bridgehead atoms. The zero-order valence-electron chi connectivity index (χ0n) is 17.6. The van der Waals surface area contributed by atoms with Crippen molar-refractivity contribution in [3.8, 4) is 0 Å². The van der Waals surface area contributed by atoms with Crippen LogP contribution in [0.1, 0.15) is 66.8 Å². The average Bonchev–Trinajstić information content (AvgIpc) is 3.45. The second-order valence-electron chi connectivity index (χ2n) is 8.98. The zero-order chi connectivity index (χ0) is 20.8. The molecule has 6 heteroatoms. The van der Waals surface area contributed by atoms with Gasteiger partial charge in [-0.05, 0) is 70.7 Å². The number of nitrogens with two attached hydrogens (primary N) is 1. The van der Waals surface area contributed by atoms with Crippen LogP contribution in [0.3, 0.4) is 0 Å². The lowest BCUT2D eigenvalue weighted by molar-refractivity contribution is 0.0955. The second-order valence-corrected chi connectivity index (χ2v) is 8.98. The van der Waals surface area contributed by atoms with Crippen molar-refractivity contribution in [3.63, 3.8) is 0 Å². The molecule has 29 heavy (non-hydrogen) atoms. The molecular weight excluding hydrogens is 362 g/mol. The Labute approximate surface area is 171 Å². The van der Waals surface area contributed by atoms with Crippen LogP contribution < -0.4 is 11.1 Å². The number of nitrogen functional groups attached to an aromatic ring is 1. The Balaban J connectivity index is 1.63. The fourth-order valence-electron chi connectivity index (χ4n) is 3.64. The van der Waals surface area contributed by atoms with Crippen LogP contribution in [0.25, 0.3) is 11.0 Å². The summed E-state index contributed by atoms with van der Waals surface area (Å²) in [6.45, 7) is 8.84. The molecule has 0 radical (unpaired) electrons. The number of rotatable bonds is 5. The number of fused-ring (bicyclic) bond motifs is 1. The maximum Gasteiger partial charge on any atom is 0.252 e. The smallest absolute Gasteiger partial charge is 0.252 e. The molecule has 0 spiro atoms. The van der Waals surface area contributed by atoms with Crippen LogP contribution in [0.4, 0.5) is 5.69 Å². The molecule has 0 aliphatic heterocycles. The highest BCUT2D eigenvalue weighted by Crippen LogP contribution is 2.40. The molecule has 1 aliphatic rings. The van der Waals surface area contributed by atoms with Gasteiger partial charge in [0.15, 0.2) is 5.65 Å². The van der Waals surface area contributed by atoms with Crippen molar-refractivity contribution in [2.45, 2.75) is 58.4 Å². The van der Waals surface area contributed by atoms with E-state index < -0.39 is 0 Å². The largest absolute Gasteiger partial charge is 0.399 e. The Morgan fingerprint density at radius 2 is 1.93 bits per heavy atom. The van der Waals surface area contributed by atoms with Gasteiger partial charge in [-0.3, -0.25) is 4.79 Å². The van der Waals surface area contributed by atoms with E-state index in [0.717, 1.165) is 52.9 Å². The van der Waals surface area contributed by atoms with Crippen molar-refractivity contribution in [1.29, 1.82) is 0 Å². The van der Waals surface area contributed by atoms with Gasteiger partial charge >= 0.3 is 0 Å². The minimum absolute atomic E-state index is 0.0636. The third kappa shape index (κ3) is 3.97. The van der Waals surface area contributed by atoms with E-state index in [1.165, 1.54) is 0 Å². The van der Waals surface area contributed by atoms with Gasteiger partial charge in [0.1, 0.15) is 0 Å². The monoisotopic (exact) mass is 391 g/mol. The predicted octanol–water partition coefficient (Wildman–Crippen LogP) is 3.93. The quantitative estimate of drug-likeness (QED) is 0.645. The van der Waals surface area contributed by atoms with E-state index in [1.807, 2.05) is 41.9 Å². The number of aryl methyl sites for hydroxylation is 1. The molecule has 0 saturated heterocycles. The Morgan fingerprint density at radius 3 is 2.55 bits per heavy atom. The number of carbonyl (C=O) groups excluding carboxylic acids is 1. The van der Waals surface area contributed by atoms with E-state index in [1.54, 1.807) is 0 Å². The molecule has 0 atom stereocenters. The molecule has 1 amide bonds. The van der Waals surface area contributed by atoms with Crippen molar-refractivity contribution >= 4 is 22.6 Å². The number of anilines is 1. The molecule has 0 unspecified atom stereocenters. The van der Waals surface area contributed by atoms with Crippen molar-refractivity contribution in [2.24, 2.45) is 0 Å². The molecule has 1 saturated carbocycles. The standard InChI is InChI=1S/C23H29N5O/c1-14-20-18(22(29)25-12-11-15-5-9-17(24)10-6-15)13-19(16-7-8-16)26-21(20)28(27-14)23(2,3)4/h5-6,9-10,13,16H,7-8,11-12,24H2,1-4H3,(H,25,29). The number of hydrogen-bond acceptors (Lipinski definition) is 4. The van der Waals surface area contributed by atoms with E-state index in [-0.39, 0.29) is 11.4 Å². The fraction of sp³-hybridized carbons (Fsp3) is 0.435. The predicted molar refractivity (Wildman–Crippen MR) is 116 cm³/mol. The average molecular weight is 392 g/mol. The maximum absolute atomic E-state index is 13.1. The van der Waals surface area contributed by atoms with Gasteiger partial charge in [0, 0.05) is 23.8 Å². The van der Waals surface area contributed by atoms with Crippen LogP contribution >= 0.6 is 0 Å². The highest BCUT2D eigenvalue weighted by atomic mass is 16.1. The van der Waals surface area contributed by atoms with Crippen LogP contribution in [0.5, 0.6) is 0 Å². The first-order valence-corrected chi connectivity index (χ1v) is 10.3. The number of nitrogens with zero attached hydrogens (tertiary/aromatic N) is 3. The van der Waals surface area contributed by atoms with Gasteiger partial charge in [0.05, 0.1) is 22.2 Å². The molecule has 3 N–H and O–H groups in total. The van der Waals surface area contributed by atoms with E-state index >= 15 is 0 Å². The van der Waals surface area contributed by atoms with E-state index in [4.69, 9.17) is 15.8 Å². The third-order valence-corrected chi connectivity index (χ3v) is 5.39. The first-order valence-electron chi connectivity index (χ1n) is 10.3. The van der Waals surface area contributed by atoms with Gasteiger partial charge < -0.3 is 11.1 Å². The second kappa shape index (κ2) is 7.17. The summed E-state index contributed by atoms with van der Waals surface area (Å²) < 4.78 is 1.95. The zero-order valence-corrected chi connectivity index (χ0v) is 17.6. The lowest BCUT2D eigenvalue weighted by Gasteiger charge is -2.20. The van der Waals surface area contributed by atoms with Crippen molar-refractivity contribution in [3.05, 3.63) is 52.8 Å². The van der Waals surface area contributed by atoms with Crippen LogP contribution in [-0.4, -0.2) is 27.2 Å². The summed E-state index contributed by atoms with van der Waals surface area (Å²) in [6, 6.07) is 9.73. The van der Waals surface area contributed by atoms with Gasteiger partial charge in [-0.25, -0.2) is 9.67 Å². The minimum Gasteiger partial charge on any atom is -0.399 e. The van der Waals surface area contributed by atoms with Crippen LogP contribution in [0.15, 0.2) is 30.3 Å². The summed E-state index contributed by atoms with van der Waals surface area (Å²) in [6.07, 6.45) is 3.04. The number of amides is 1.